The number of hydrogen-bond acceptors (Lipinski definition) is 3. The fourth-order valence-electron chi connectivity index (χ4n) is 5.72. The summed E-state index contributed by atoms with van der Waals surface area (Å²) in [5, 5.41) is 0.707. The van der Waals surface area contributed by atoms with Crippen molar-refractivity contribution in [1.29, 1.82) is 0 Å². The van der Waals surface area contributed by atoms with Crippen LogP contribution in [0, 0.1) is 6.92 Å². The molecule has 0 radical (unpaired) electrons. The first kappa shape index (κ1) is 25.1. The standard InChI is InChI=1S/C30H32ClNO3S/c1-3-35-30-20-28(22-8-5-4-6-9-22)32(36(33,34)26-15-12-21(2)13-16-26)29-19-24(14-17-27(29)30)23-10-7-11-25(31)18-23/h4-13,15-16,18,24,28-29H,3,14,17,19-20H2,1-2H3. The second kappa shape index (κ2) is 10.4. The van der Waals surface area contributed by atoms with E-state index in [1.165, 1.54) is 0 Å². The van der Waals surface area contributed by atoms with Crippen molar-refractivity contribution in [3.05, 3.63) is 112 Å². The van der Waals surface area contributed by atoms with Gasteiger partial charge in [0.05, 0.1) is 29.3 Å². The maximum Gasteiger partial charge on any atom is 0.244 e. The Labute approximate surface area is 219 Å². The number of halogens is 1. The van der Waals surface area contributed by atoms with Gasteiger partial charge in [-0.1, -0.05) is 71.8 Å². The molecule has 0 amide bonds. The Bertz CT molecular complexity index is 1350. The lowest BCUT2D eigenvalue weighted by atomic mass is 9.75. The van der Waals surface area contributed by atoms with Crippen molar-refractivity contribution < 1.29 is 13.2 Å². The number of benzene rings is 3. The topological polar surface area (TPSA) is 46.6 Å². The van der Waals surface area contributed by atoms with E-state index in [2.05, 4.69) is 6.07 Å². The molecular weight excluding hydrogens is 490 g/mol. The molecule has 1 fully saturated rings. The third-order valence-corrected chi connectivity index (χ3v) is 9.61. The van der Waals surface area contributed by atoms with E-state index in [1.54, 1.807) is 16.4 Å². The summed E-state index contributed by atoms with van der Waals surface area (Å²) >= 11 is 6.33. The second-order valence-corrected chi connectivity index (χ2v) is 12.0. The van der Waals surface area contributed by atoms with Gasteiger partial charge in [-0.3, -0.25) is 0 Å². The molecule has 3 unspecified atom stereocenters. The van der Waals surface area contributed by atoms with E-state index in [-0.39, 0.29) is 18.0 Å². The van der Waals surface area contributed by atoms with Crippen molar-refractivity contribution in [2.45, 2.75) is 62.4 Å². The highest BCUT2D eigenvalue weighted by atomic mass is 35.5. The zero-order chi connectivity index (χ0) is 25.3. The van der Waals surface area contributed by atoms with Gasteiger partial charge in [0.1, 0.15) is 0 Å². The molecule has 1 aliphatic heterocycles. The van der Waals surface area contributed by atoms with Gasteiger partial charge in [-0.2, -0.15) is 4.31 Å². The normalized spacial score (nSPS) is 22.8. The number of sulfonamides is 1. The summed E-state index contributed by atoms with van der Waals surface area (Å²) in [5.74, 6) is 1.17. The molecule has 0 aromatic heterocycles. The van der Waals surface area contributed by atoms with Crippen molar-refractivity contribution in [3.63, 3.8) is 0 Å². The van der Waals surface area contributed by atoms with Crippen molar-refractivity contribution in [1.82, 2.24) is 4.31 Å². The lowest BCUT2D eigenvalue weighted by molar-refractivity contribution is 0.137. The largest absolute Gasteiger partial charge is 0.498 e. The maximum atomic E-state index is 14.3. The summed E-state index contributed by atoms with van der Waals surface area (Å²) < 4.78 is 36.6. The highest BCUT2D eigenvalue weighted by Gasteiger charge is 2.47. The summed E-state index contributed by atoms with van der Waals surface area (Å²) in [4.78, 5) is 0.332. The van der Waals surface area contributed by atoms with Crippen LogP contribution in [0.5, 0.6) is 0 Å². The van der Waals surface area contributed by atoms with Gasteiger partial charge in [0.15, 0.2) is 0 Å². The summed E-state index contributed by atoms with van der Waals surface area (Å²) in [6.07, 6.45) is 2.98. The third kappa shape index (κ3) is 4.84. The van der Waals surface area contributed by atoms with E-state index in [9.17, 15) is 8.42 Å². The molecule has 3 aromatic rings. The van der Waals surface area contributed by atoms with Crippen LogP contribution in [-0.4, -0.2) is 25.4 Å². The number of rotatable bonds is 6. The molecule has 188 valence electrons. The van der Waals surface area contributed by atoms with Crippen LogP contribution in [0.1, 0.15) is 61.3 Å². The minimum absolute atomic E-state index is 0.213. The zero-order valence-electron chi connectivity index (χ0n) is 20.7. The van der Waals surface area contributed by atoms with Gasteiger partial charge in [0, 0.05) is 11.4 Å². The van der Waals surface area contributed by atoms with Crippen LogP contribution in [0.2, 0.25) is 5.02 Å². The Balaban J connectivity index is 1.65. The van der Waals surface area contributed by atoms with Gasteiger partial charge < -0.3 is 4.74 Å². The summed E-state index contributed by atoms with van der Waals surface area (Å²) in [7, 11) is -3.78. The van der Waals surface area contributed by atoms with Gasteiger partial charge in [-0.15, -0.1) is 0 Å². The van der Waals surface area contributed by atoms with E-state index >= 15 is 0 Å². The van der Waals surface area contributed by atoms with E-state index in [1.807, 2.05) is 74.5 Å². The Kier molecular flexibility index (Phi) is 7.25. The summed E-state index contributed by atoms with van der Waals surface area (Å²) in [6.45, 7) is 4.53. The van der Waals surface area contributed by atoms with Crippen LogP contribution < -0.4 is 0 Å². The first-order valence-electron chi connectivity index (χ1n) is 12.6. The van der Waals surface area contributed by atoms with Gasteiger partial charge >= 0.3 is 0 Å². The monoisotopic (exact) mass is 521 g/mol. The number of hydrogen-bond donors (Lipinski definition) is 0. The Hall–Kier alpha value is -2.60. The minimum atomic E-state index is -3.78. The molecule has 0 spiro atoms. The smallest absolute Gasteiger partial charge is 0.244 e. The lowest BCUT2D eigenvalue weighted by Gasteiger charge is -2.46. The molecule has 3 atom stereocenters. The van der Waals surface area contributed by atoms with E-state index < -0.39 is 10.0 Å². The molecule has 1 saturated carbocycles. The van der Waals surface area contributed by atoms with E-state index in [0.29, 0.717) is 29.4 Å². The average Bonchev–Trinajstić information content (AvgIpc) is 2.89. The van der Waals surface area contributed by atoms with E-state index in [4.69, 9.17) is 16.3 Å². The molecule has 0 saturated heterocycles. The lowest BCUT2D eigenvalue weighted by Crippen LogP contribution is -2.49. The molecular formula is C30H32ClNO3S. The van der Waals surface area contributed by atoms with Crippen LogP contribution in [-0.2, 0) is 14.8 Å². The Morgan fingerprint density at radius 2 is 1.67 bits per heavy atom. The van der Waals surface area contributed by atoms with Gasteiger partial charge in [0.2, 0.25) is 10.0 Å². The second-order valence-electron chi connectivity index (χ2n) is 9.70. The third-order valence-electron chi connectivity index (χ3n) is 7.44. The minimum Gasteiger partial charge on any atom is -0.498 e. The average molecular weight is 522 g/mol. The van der Waals surface area contributed by atoms with Crippen molar-refractivity contribution in [2.75, 3.05) is 6.61 Å². The first-order chi connectivity index (χ1) is 17.4. The van der Waals surface area contributed by atoms with Gasteiger partial charge in [0.25, 0.3) is 0 Å². The summed E-state index contributed by atoms with van der Waals surface area (Å²) in [5.41, 5.74) is 4.30. The molecule has 4 nitrogen and oxygen atoms in total. The van der Waals surface area contributed by atoms with Crippen LogP contribution in [0.3, 0.4) is 0 Å². The molecule has 5 rings (SSSR count). The van der Waals surface area contributed by atoms with Crippen molar-refractivity contribution in [3.8, 4) is 0 Å². The first-order valence-corrected chi connectivity index (χ1v) is 14.5. The predicted molar refractivity (Wildman–Crippen MR) is 144 cm³/mol. The quantitative estimate of drug-likeness (QED) is 0.339. The molecule has 1 aliphatic carbocycles. The Morgan fingerprint density at radius 1 is 0.944 bits per heavy atom. The van der Waals surface area contributed by atoms with Gasteiger partial charge in [-0.25, -0.2) is 8.42 Å². The molecule has 2 aliphatic rings. The highest BCUT2D eigenvalue weighted by Crippen LogP contribution is 2.49. The van der Waals surface area contributed by atoms with E-state index in [0.717, 1.165) is 40.9 Å². The van der Waals surface area contributed by atoms with Crippen LogP contribution >= 0.6 is 11.6 Å². The molecule has 6 heteroatoms. The van der Waals surface area contributed by atoms with Crippen LogP contribution in [0.25, 0.3) is 0 Å². The molecule has 0 bridgehead atoms. The highest BCUT2D eigenvalue weighted by molar-refractivity contribution is 7.89. The van der Waals surface area contributed by atoms with Gasteiger partial charge in [-0.05, 0) is 80.0 Å². The molecule has 36 heavy (non-hydrogen) atoms. The molecule has 1 heterocycles. The molecule has 0 N–H and O–H groups in total. The number of fused-ring (bicyclic) bond motifs is 1. The fourth-order valence-corrected chi connectivity index (χ4v) is 7.72. The van der Waals surface area contributed by atoms with Crippen LogP contribution in [0.4, 0.5) is 0 Å². The van der Waals surface area contributed by atoms with Crippen LogP contribution in [0.15, 0.2) is 95.1 Å². The number of ether oxygens (including phenoxy) is 1. The maximum absolute atomic E-state index is 14.3. The fraction of sp³-hybridized carbons (Fsp3) is 0.333. The summed E-state index contributed by atoms with van der Waals surface area (Å²) in [6, 6.07) is 24.5. The molecule has 3 aromatic carbocycles. The number of nitrogens with zero attached hydrogens (tertiary/aromatic N) is 1. The number of aryl methyl sites for hydroxylation is 1. The zero-order valence-corrected chi connectivity index (χ0v) is 22.3. The Morgan fingerprint density at radius 3 is 2.36 bits per heavy atom. The SMILES string of the molecule is CCOC1=C2CCC(c3cccc(Cl)c3)CC2N(S(=O)(=O)c2ccc(C)cc2)C(c2ccccc2)C1. The predicted octanol–water partition coefficient (Wildman–Crippen LogP) is 7.41. The van der Waals surface area contributed by atoms with Crippen molar-refractivity contribution in [2.24, 2.45) is 0 Å². The van der Waals surface area contributed by atoms with Crippen molar-refractivity contribution >= 4 is 21.6 Å².